The zero-order valence-corrected chi connectivity index (χ0v) is 12.7. The number of methoxy groups -OCH3 is 3. The fraction of sp³-hybridized carbons (Fsp3) is 0.562. The first kappa shape index (κ1) is 15.6. The number of benzene rings is 1. The summed E-state index contributed by atoms with van der Waals surface area (Å²) in [4.78, 5) is 11.2. The lowest BCUT2D eigenvalue weighted by molar-refractivity contribution is -0.137. The average molecular weight is 294 g/mol. The first-order chi connectivity index (χ1) is 10.1. The van der Waals surface area contributed by atoms with Crippen LogP contribution in [0.3, 0.4) is 0 Å². The van der Waals surface area contributed by atoms with E-state index in [0.717, 1.165) is 24.0 Å². The van der Waals surface area contributed by atoms with Crippen LogP contribution in [-0.4, -0.2) is 32.4 Å². The number of carboxylic acid groups (broad SMARTS) is 1. The summed E-state index contributed by atoms with van der Waals surface area (Å²) in [7, 11) is 4.80. The van der Waals surface area contributed by atoms with Crippen molar-refractivity contribution >= 4 is 5.97 Å². The van der Waals surface area contributed by atoms with Gasteiger partial charge in [-0.3, -0.25) is 4.79 Å². The Hall–Kier alpha value is -1.75. The summed E-state index contributed by atoms with van der Waals surface area (Å²) in [5, 5.41) is 9.18. The van der Waals surface area contributed by atoms with E-state index in [1.54, 1.807) is 21.3 Å². The Morgan fingerprint density at radius 3 is 2.33 bits per heavy atom. The third-order valence-electron chi connectivity index (χ3n) is 3.93. The highest BCUT2D eigenvalue weighted by Crippen LogP contribution is 2.47. The Morgan fingerprint density at radius 2 is 1.86 bits per heavy atom. The molecule has 0 heterocycles. The zero-order chi connectivity index (χ0) is 15.4. The summed E-state index contributed by atoms with van der Waals surface area (Å²) in [6.07, 6.45) is 2.30. The van der Waals surface area contributed by atoms with Gasteiger partial charge in [0.15, 0.2) is 11.5 Å². The second kappa shape index (κ2) is 6.80. The van der Waals surface area contributed by atoms with Crippen molar-refractivity contribution in [3.63, 3.8) is 0 Å². The smallest absolute Gasteiger partial charge is 0.303 e. The summed E-state index contributed by atoms with van der Waals surface area (Å²) >= 11 is 0. The number of carboxylic acids is 1. The molecule has 1 aromatic rings. The largest absolute Gasteiger partial charge is 0.493 e. The number of ether oxygens (including phenoxy) is 3. The molecule has 2 rings (SSSR count). The van der Waals surface area contributed by atoms with Crippen LogP contribution in [0.1, 0.15) is 36.3 Å². The topological polar surface area (TPSA) is 65.0 Å². The van der Waals surface area contributed by atoms with Gasteiger partial charge in [-0.05, 0) is 47.9 Å². The lowest BCUT2D eigenvalue weighted by atomic mass is 9.87. The number of hydrogen-bond donors (Lipinski definition) is 1. The van der Waals surface area contributed by atoms with Crippen LogP contribution < -0.4 is 9.47 Å². The van der Waals surface area contributed by atoms with Gasteiger partial charge in [-0.15, -0.1) is 0 Å². The molecular formula is C16H22O5. The maximum atomic E-state index is 11.2. The van der Waals surface area contributed by atoms with E-state index >= 15 is 0 Å². The van der Waals surface area contributed by atoms with Gasteiger partial charge >= 0.3 is 5.97 Å². The van der Waals surface area contributed by atoms with Gasteiger partial charge in [0.1, 0.15) is 0 Å². The van der Waals surface area contributed by atoms with Gasteiger partial charge in [0.2, 0.25) is 0 Å². The van der Waals surface area contributed by atoms with Crippen molar-refractivity contribution in [2.75, 3.05) is 21.3 Å². The highest BCUT2D eigenvalue weighted by atomic mass is 16.5. The second-order valence-corrected chi connectivity index (χ2v) is 5.38. The standard InChI is InChI=1S/C16H22O5/c1-19-9-11-6-14(20-2)15(21-3)7-12(11)13(8-16(17)18)10-4-5-10/h6-7,10,13H,4-5,8-9H2,1-3H3,(H,17,18). The Morgan fingerprint density at radius 1 is 1.24 bits per heavy atom. The molecule has 1 N–H and O–H groups in total. The molecule has 5 nitrogen and oxygen atoms in total. The van der Waals surface area contributed by atoms with E-state index in [-0.39, 0.29) is 12.3 Å². The van der Waals surface area contributed by atoms with E-state index in [1.807, 2.05) is 12.1 Å². The number of carbonyl (C=O) groups is 1. The van der Waals surface area contributed by atoms with Crippen molar-refractivity contribution < 1.29 is 24.1 Å². The molecule has 0 aliphatic heterocycles. The van der Waals surface area contributed by atoms with Gasteiger partial charge in [0, 0.05) is 7.11 Å². The molecule has 0 amide bonds. The number of aliphatic carboxylic acids is 1. The lowest BCUT2D eigenvalue weighted by Crippen LogP contribution is -2.12. The molecule has 1 atom stereocenters. The Balaban J connectivity index is 2.44. The van der Waals surface area contributed by atoms with Crippen LogP contribution in [0.15, 0.2) is 12.1 Å². The quantitative estimate of drug-likeness (QED) is 0.798. The first-order valence-corrected chi connectivity index (χ1v) is 7.06. The normalized spacial score (nSPS) is 15.6. The predicted molar refractivity (Wildman–Crippen MR) is 78.0 cm³/mol. The highest BCUT2D eigenvalue weighted by Gasteiger charge is 2.35. The first-order valence-electron chi connectivity index (χ1n) is 7.06. The molecule has 21 heavy (non-hydrogen) atoms. The molecule has 1 unspecified atom stereocenters. The second-order valence-electron chi connectivity index (χ2n) is 5.38. The van der Waals surface area contributed by atoms with Crippen LogP contribution in [0, 0.1) is 5.92 Å². The van der Waals surface area contributed by atoms with E-state index < -0.39 is 5.97 Å². The van der Waals surface area contributed by atoms with Gasteiger partial charge in [-0.1, -0.05) is 0 Å². The molecule has 1 aliphatic carbocycles. The molecule has 0 bridgehead atoms. The van der Waals surface area contributed by atoms with Crippen molar-refractivity contribution in [2.24, 2.45) is 5.92 Å². The van der Waals surface area contributed by atoms with Crippen LogP contribution in [0.5, 0.6) is 11.5 Å². The minimum Gasteiger partial charge on any atom is -0.493 e. The van der Waals surface area contributed by atoms with Crippen molar-refractivity contribution in [1.82, 2.24) is 0 Å². The maximum Gasteiger partial charge on any atom is 0.303 e. The molecule has 0 saturated heterocycles. The average Bonchev–Trinajstić information content (AvgIpc) is 3.29. The molecule has 0 aromatic heterocycles. The van der Waals surface area contributed by atoms with Crippen LogP contribution >= 0.6 is 0 Å². The Bertz CT molecular complexity index is 508. The van der Waals surface area contributed by atoms with Gasteiger partial charge in [-0.2, -0.15) is 0 Å². The molecule has 1 saturated carbocycles. The molecule has 1 fully saturated rings. The predicted octanol–water partition coefficient (Wildman–Crippen LogP) is 2.82. The molecule has 1 aromatic carbocycles. The van der Waals surface area contributed by atoms with E-state index in [1.165, 1.54) is 0 Å². The van der Waals surface area contributed by atoms with E-state index in [4.69, 9.17) is 14.2 Å². The van der Waals surface area contributed by atoms with Crippen LogP contribution in [0.4, 0.5) is 0 Å². The molecule has 5 heteroatoms. The van der Waals surface area contributed by atoms with E-state index in [0.29, 0.717) is 24.0 Å². The third-order valence-corrected chi connectivity index (χ3v) is 3.93. The summed E-state index contributed by atoms with van der Waals surface area (Å²) in [6.45, 7) is 0.429. The lowest BCUT2D eigenvalue weighted by Gasteiger charge is -2.21. The van der Waals surface area contributed by atoms with Gasteiger partial charge < -0.3 is 19.3 Å². The Labute approximate surface area is 124 Å². The SMILES string of the molecule is COCc1cc(OC)c(OC)cc1C(CC(=O)O)C1CC1. The maximum absolute atomic E-state index is 11.2. The summed E-state index contributed by atoms with van der Waals surface area (Å²) in [5.41, 5.74) is 1.97. The third kappa shape index (κ3) is 3.67. The molecule has 116 valence electrons. The highest BCUT2D eigenvalue weighted by molar-refractivity contribution is 5.68. The van der Waals surface area contributed by atoms with Gasteiger partial charge in [0.25, 0.3) is 0 Å². The summed E-state index contributed by atoms with van der Waals surface area (Å²) < 4.78 is 15.9. The van der Waals surface area contributed by atoms with E-state index in [2.05, 4.69) is 0 Å². The van der Waals surface area contributed by atoms with Crippen LogP contribution in [0.25, 0.3) is 0 Å². The summed E-state index contributed by atoms with van der Waals surface area (Å²) in [6, 6.07) is 3.79. The van der Waals surface area contributed by atoms with Crippen LogP contribution in [0.2, 0.25) is 0 Å². The number of hydrogen-bond acceptors (Lipinski definition) is 4. The van der Waals surface area contributed by atoms with Crippen molar-refractivity contribution in [3.8, 4) is 11.5 Å². The fourth-order valence-corrected chi connectivity index (χ4v) is 2.78. The fourth-order valence-electron chi connectivity index (χ4n) is 2.78. The summed E-state index contributed by atoms with van der Waals surface area (Å²) in [5.74, 6) is 0.939. The van der Waals surface area contributed by atoms with Crippen molar-refractivity contribution in [1.29, 1.82) is 0 Å². The van der Waals surface area contributed by atoms with E-state index in [9.17, 15) is 9.90 Å². The minimum absolute atomic E-state index is 0.00690. The van der Waals surface area contributed by atoms with Gasteiger partial charge in [0.05, 0.1) is 27.2 Å². The van der Waals surface area contributed by atoms with Gasteiger partial charge in [-0.25, -0.2) is 0 Å². The monoisotopic (exact) mass is 294 g/mol. The number of rotatable bonds is 8. The van der Waals surface area contributed by atoms with Crippen LogP contribution in [-0.2, 0) is 16.1 Å². The van der Waals surface area contributed by atoms with Crippen molar-refractivity contribution in [2.45, 2.75) is 31.8 Å². The zero-order valence-electron chi connectivity index (χ0n) is 12.7. The molecule has 0 spiro atoms. The Kier molecular flexibility index (Phi) is 5.07. The van der Waals surface area contributed by atoms with Crippen molar-refractivity contribution in [3.05, 3.63) is 23.3 Å². The molecule has 0 radical (unpaired) electrons. The minimum atomic E-state index is -0.773. The molecule has 1 aliphatic rings. The molecular weight excluding hydrogens is 272 g/mol.